The summed E-state index contributed by atoms with van der Waals surface area (Å²) in [5.74, 6) is -0.350. The number of aromatic amines is 1. The van der Waals surface area contributed by atoms with Crippen molar-refractivity contribution in [3.63, 3.8) is 0 Å². The molecule has 2 aliphatic rings. The van der Waals surface area contributed by atoms with Gasteiger partial charge < -0.3 is 10.3 Å². The Morgan fingerprint density at radius 2 is 2.00 bits per heavy atom. The summed E-state index contributed by atoms with van der Waals surface area (Å²) in [4.78, 5) is 33.3. The molecule has 1 aliphatic heterocycles. The number of thioether (sulfide) groups is 1. The maximum Gasteiger partial charge on any atom is 0.257 e. The van der Waals surface area contributed by atoms with E-state index in [1.165, 1.54) is 23.9 Å². The number of benzene rings is 1. The van der Waals surface area contributed by atoms with E-state index in [2.05, 4.69) is 29.1 Å². The highest BCUT2D eigenvalue weighted by Gasteiger charge is 2.37. The van der Waals surface area contributed by atoms with Gasteiger partial charge in [-0.1, -0.05) is 37.7 Å². The van der Waals surface area contributed by atoms with Gasteiger partial charge in [0.2, 0.25) is 0 Å². The summed E-state index contributed by atoms with van der Waals surface area (Å²) in [6.07, 6.45) is 2.93. The summed E-state index contributed by atoms with van der Waals surface area (Å²) in [6.45, 7) is 4.17. The van der Waals surface area contributed by atoms with Crippen LogP contribution in [0.15, 0.2) is 45.5 Å². The van der Waals surface area contributed by atoms with Crippen LogP contribution in [0.4, 0.5) is 10.2 Å². The number of halogens is 1. The number of rotatable bonds is 4. The number of anilines is 1. The van der Waals surface area contributed by atoms with Gasteiger partial charge in [-0.15, -0.1) is 0 Å². The monoisotopic (exact) mass is 399 g/mol. The third-order valence-corrected chi connectivity index (χ3v) is 6.48. The first-order valence-corrected chi connectivity index (χ1v) is 10.5. The van der Waals surface area contributed by atoms with E-state index < -0.39 is 5.92 Å². The first-order valence-electron chi connectivity index (χ1n) is 9.57. The second-order valence-electron chi connectivity index (χ2n) is 7.25. The van der Waals surface area contributed by atoms with Crippen LogP contribution in [0.2, 0.25) is 0 Å². The fraction of sp³-hybridized carbons (Fsp3) is 0.381. The first-order chi connectivity index (χ1) is 13.5. The fourth-order valence-corrected chi connectivity index (χ4v) is 4.60. The Hall–Kier alpha value is -2.41. The van der Waals surface area contributed by atoms with E-state index in [1.807, 2.05) is 0 Å². The van der Waals surface area contributed by atoms with E-state index in [1.54, 1.807) is 12.1 Å². The Bertz CT molecular complexity index is 1010. The second-order valence-corrected chi connectivity index (χ2v) is 8.68. The fourth-order valence-electron chi connectivity index (χ4n) is 3.76. The molecule has 1 aliphatic carbocycles. The van der Waals surface area contributed by atoms with Crippen molar-refractivity contribution in [2.24, 2.45) is 0 Å². The molecule has 4 rings (SSSR count). The Morgan fingerprint density at radius 3 is 2.71 bits per heavy atom. The number of hydrogen-bond acceptors (Lipinski definition) is 5. The third kappa shape index (κ3) is 3.39. The minimum Gasteiger partial charge on any atom is -0.343 e. The molecule has 0 saturated carbocycles. The van der Waals surface area contributed by atoms with Crippen molar-refractivity contribution < 1.29 is 9.18 Å². The van der Waals surface area contributed by atoms with Crippen LogP contribution in [0.25, 0.3) is 0 Å². The van der Waals surface area contributed by atoms with Gasteiger partial charge in [0, 0.05) is 28.9 Å². The van der Waals surface area contributed by atoms with Crippen molar-refractivity contribution >= 4 is 23.4 Å². The summed E-state index contributed by atoms with van der Waals surface area (Å²) >= 11 is 1.52. The molecule has 146 valence electrons. The number of ketones is 1. The van der Waals surface area contributed by atoms with Crippen LogP contribution in [-0.2, 0) is 4.79 Å². The van der Waals surface area contributed by atoms with Gasteiger partial charge in [0.1, 0.15) is 11.6 Å². The van der Waals surface area contributed by atoms with Gasteiger partial charge in [-0.3, -0.25) is 9.59 Å². The summed E-state index contributed by atoms with van der Waals surface area (Å²) in [5, 5.41) is 4.14. The van der Waals surface area contributed by atoms with Crippen molar-refractivity contribution in [1.82, 2.24) is 9.97 Å². The smallest absolute Gasteiger partial charge is 0.257 e. The lowest BCUT2D eigenvalue weighted by molar-refractivity contribution is -0.116. The van der Waals surface area contributed by atoms with E-state index in [4.69, 9.17) is 0 Å². The molecule has 28 heavy (non-hydrogen) atoms. The zero-order valence-electron chi connectivity index (χ0n) is 15.8. The zero-order chi connectivity index (χ0) is 19.8. The lowest BCUT2D eigenvalue weighted by Crippen LogP contribution is -2.32. The molecule has 0 amide bonds. The summed E-state index contributed by atoms with van der Waals surface area (Å²) in [7, 11) is 0. The molecule has 1 aromatic carbocycles. The van der Waals surface area contributed by atoms with Crippen LogP contribution < -0.4 is 10.9 Å². The number of carbonyl (C=O) groups excluding carboxylic acids is 1. The molecule has 5 nitrogen and oxygen atoms in total. The summed E-state index contributed by atoms with van der Waals surface area (Å²) in [5.41, 5.74) is 2.33. The van der Waals surface area contributed by atoms with E-state index in [0.29, 0.717) is 33.8 Å². The molecule has 1 aromatic heterocycles. The molecule has 0 saturated heterocycles. The largest absolute Gasteiger partial charge is 0.343 e. The highest BCUT2D eigenvalue weighted by molar-refractivity contribution is 7.99. The highest BCUT2D eigenvalue weighted by atomic mass is 32.2. The summed E-state index contributed by atoms with van der Waals surface area (Å²) < 4.78 is 13.5. The number of allylic oxidation sites excluding steroid dienone is 2. The number of H-pyrrole nitrogens is 1. The van der Waals surface area contributed by atoms with Gasteiger partial charge in [-0.25, -0.2) is 9.37 Å². The standard InChI is InChI=1S/C21H22FN3O2S/c1-3-11(2)28-21-24-19-18(20(27)25-21)16(12-7-9-13(22)10-8-12)17-14(23-19)5-4-6-15(17)26/h7-11,16H,3-6H2,1-2H3,(H2,23,24,25,27)/t11-,16+/m0/s1. The van der Waals surface area contributed by atoms with Crippen LogP contribution in [-0.4, -0.2) is 21.0 Å². The minimum atomic E-state index is -0.529. The van der Waals surface area contributed by atoms with Gasteiger partial charge in [0.25, 0.3) is 5.56 Å². The molecule has 0 unspecified atom stereocenters. The average Bonchev–Trinajstić information content (AvgIpc) is 2.67. The maximum atomic E-state index is 13.5. The molecule has 2 atom stereocenters. The number of carbonyl (C=O) groups is 1. The molecule has 0 fully saturated rings. The Morgan fingerprint density at radius 1 is 1.25 bits per heavy atom. The Balaban J connectivity index is 1.88. The second kappa shape index (κ2) is 7.54. The molecule has 0 radical (unpaired) electrons. The number of nitrogens with one attached hydrogen (secondary N) is 2. The summed E-state index contributed by atoms with van der Waals surface area (Å²) in [6, 6.07) is 6.00. The number of aromatic nitrogens is 2. The van der Waals surface area contributed by atoms with Gasteiger partial charge >= 0.3 is 0 Å². The molecule has 0 bridgehead atoms. The van der Waals surface area contributed by atoms with E-state index in [9.17, 15) is 14.0 Å². The molecule has 2 heterocycles. The molecular weight excluding hydrogens is 377 g/mol. The Labute approximate surface area is 166 Å². The van der Waals surface area contributed by atoms with Crippen molar-refractivity contribution in [2.45, 2.75) is 55.9 Å². The van der Waals surface area contributed by atoms with Crippen LogP contribution >= 0.6 is 11.8 Å². The quantitative estimate of drug-likeness (QED) is 0.590. The molecular formula is C21H22FN3O2S. The lowest BCUT2D eigenvalue weighted by Gasteiger charge is -2.32. The van der Waals surface area contributed by atoms with Gasteiger partial charge in [-0.2, -0.15) is 0 Å². The topological polar surface area (TPSA) is 74.8 Å². The van der Waals surface area contributed by atoms with Crippen LogP contribution in [0.1, 0.15) is 56.6 Å². The van der Waals surface area contributed by atoms with Crippen molar-refractivity contribution in [3.8, 4) is 0 Å². The predicted octanol–water partition coefficient (Wildman–Crippen LogP) is 4.36. The number of Topliss-reactive ketones (excluding diaryl/α,β-unsaturated/α-hetero) is 1. The molecule has 2 N–H and O–H groups in total. The number of hydrogen-bond donors (Lipinski definition) is 2. The first kappa shape index (κ1) is 18.9. The van der Waals surface area contributed by atoms with Gasteiger partial charge in [-0.05, 0) is 37.0 Å². The normalized spacial score (nSPS) is 19.7. The zero-order valence-corrected chi connectivity index (χ0v) is 16.7. The average molecular weight is 399 g/mol. The van der Waals surface area contributed by atoms with Gasteiger partial charge in [0.15, 0.2) is 10.9 Å². The van der Waals surface area contributed by atoms with E-state index in [0.717, 1.165) is 30.5 Å². The molecule has 7 heteroatoms. The van der Waals surface area contributed by atoms with Crippen LogP contribution in [0.5, 0.6) is 0 Å². The highest BCUT2D eigenvalue weighted by Crippen LogP contribution is 2.43. The number of fused-ring (bicyclic) bond motifs is 1. The minimum absolute atomic E-state index is 0.0335. The predicted molar refractivity (Wildman–Crippen MR) is 108 cm³/mol. The number of nitrogens with zero attached hydrogens (tertiary/aromatic N) is 1. The molecule has 0 spiro atoms. The lowest BCUT2D eigenvalue weighted by atomic mass is 9.76. The van der Waals surface area contributed by atoms with Crippen LogP contribution in [0.3, 0.4) is 0 Å². The SMILES string of the molecule is CC[C@H](C)Sc1nc2c(c(=O)[nH]1)[C@H](c1ccc(F)cc1)C1=C(CCCC1=O)N2. The van der Waals surface area contributed by atoms with Crippen LogP contribution in [0, 0.1) is 5.82 Å². The van der Waals surface area contributed by atoms with Crippen molar-refractivity contribution in [1.29, 1.82) is 0 Å². The van der Waals surface area contributed by atoms with Crippen molar-refractivity contribution in [2.75, 3.05) is 5.32 Å². The van der Waals surface area contributed by atoms with Crippen molar-refractivity contribution in [3.05, 3.63) is 62.8 Å². The van der Waals surface area contributed by atoms with E-state index in [-0.39, 0.29) is 17.2 Å². The van der Waals surface area contributed by atoms with E-state index >= 15 is 0 Å². The maximum absolute atomic E-state index is 13.5. The molecule has 2 aromatic rings. The third-order valence-electron chi connectivity index (χ3n) is 5.33. The Kier molecular flexibility index (Phi) is 5.10. The van der Waals surface area contributed by atoms with Gasteiger partial charge in [0.05, 0.1) is 5.56 Å².